The number of nitrogens with one attached hydrogen (secondary N) is 2. The Labute approximate surface area is 173 Å². The lowest BCUT2D eigenvalue weighted by Crippen LogP contribution is -2.36. The summed E-state index contributed by atoms with van der Waals surface area (Å²) in [6.07, 6.45) is 2.53. The van der Waals surface area contributed by atoms with E-state index in [1.165, 1.54) is 0 Å². The van der Waals surface area contributed by atoms with E-state index in [-0.39, 0.29) is 11.8 Å². The number of hydrogen-bond acceptors (Lipinski definition) is 4. The Kier molecular flexibility index (Phi) is 10.5. The van der Waals surface area contributed by atoms with Gasteiger partial charge in [0.25, 0.3) is 11.8 Å². The molecule has 0 aliphatic heterocycles. The largest absolute Gasteiger partial charge is 0.352 e. The highest BCUT2D eigenvalue weighted by molar-refractivity contribution is 5.94. The summed E-state index contributed by atoms with van der Waals surface area (Å²) < 4.78 is 0. The van der Waals surface area contributed by atoms with Crippen molar-refractivity contribution in [1.29, 1.82) is 0 Å². The van der Waals surface area contributed by atoms with Gasteiger partial charge in [0.1, 0.15) is 0 Å². The fraction of sp³-hybridized carbons (Fsp3) is 0.391. The van der Waals surface area contributed by atoms with Crippen LogP contribution < -0.4 is 16.4 Å². The SMILES string of the molecule is NCCCNCCCN(CCCNC(=O)c1ccccc1)C(=O)c1ccccc1. The van der Waals surface area contributed by atoms with Crippen LogP contribution in [-0.2, 0) is 0 Å². The van der Waals surface area contributed by atoms with E-state index in [1.54, 1.807) is 12.1 Å². The molecule has 6 heteroatoms. The second-order valence-electron chi connectivity index (χ2n) is 6.88. The van der Waals surface area contributed by atoms with Gasteiger partial charge in [-0.05, 0) is 63.2 Å². The van der Waals surface area contributed by atoms with Crippen molar-refractivity contribution in [2.45, 2.75) is 19.3 Å². The summed E-state index contributed by atoms with van der Waals surface area (Å²) in [6, 6.07) is 18.5. The molecule has 2 amide bonds. The van der Waals surface area contributed by atoms with Crippen LogP contribution in [0.5, 0.6) is 0 Å². The molecule has 2 rings (SSSR count). The van der Waals surface area contributed by atoms with Gasteiger partial charge in [-0.25, -0.2) is 0 Å². The zero-order chi connectivity index (χ0) is 20.7. The summed E-state index contributed by atoms with van der Waals surface area (Å²) in [6.45, 7) is 4.24. The first kappa shape index (κ1) is 22.6. The molecular formula is C23H32N4O2. The van der Waals surface area contributed by atoms with Crippen molar-refractivity contribution >= 4 is 11.8 Å². The minimum atomic E-state index is -0.0874. The molecule has 4 N–H and O–H groups in total. The molecule has 2 aromatic rings. The maximum Gasteiger partial charge on any atom is 0.253 e. The standard InChI is InChI=1S/C23H32N4O2/c24-14-7-15-25-16-8-18-27(23(29)21-12-5-2-6-13-21)19-9-17-26-22(28)20-10-3-1-4-11-20/h1-6,10-13,25H,7-9,14-19,24H2,(H,26,28). The molecule has 156 valence electrons. The maximum absolute atomic E-state index is 12.9. The lowest BCUT2D eigenvalue weighted by molar-refractivity contribution is 0.0751. The van der Waals surface area contributed by atoms with Crippen molar-refractivity contribution in [3.63, 3.8) is 0 Å². The van der Waals surface area contributed by atoms with Crippen LogP contribution in [0.4, 0.5) is 0 Å². The zero-order valence-corrected chi connectivity index (χ0v) is 17.0. The van der Waals surface area contributed by atoms with E-state index < -0.39 is 0 Å². The molecule has 2 aromatic carbocycles. The number of nitrogens with two attached hydrogens (primary N) is 1. The number of carbonyl (C=O) groups is 2. The van der Waals surface area contributed by atoms with Crippen LogP contribution in [0.2, 0.25) is 0 Å². The number of benzene rings is 2. The maximum atomic E-state index is 12.9. The van der Waals surface area contributed by atoms with E-state index >= 15 is 0 Å². The number of hydrogen-bond donors (Lipinski definition) is 3. The minimum absolute atomic E-state index is 0.0296. The third-order valence-electron chi connectivity index (χ3n) is 4.57. The molecule has 0 radical (unpaired) electrons. The van der Waals surface area contributed by atoms with E-state index in [0.29, 0.717) is 43.7 Å². The van der Waals surface area contributed by atoms with Gasteiger partial charge in [0.05, 0.1) is 0 Å². The summed E-state index contributed by atoms with van der Waals surface area (Å²) in [5.74, 6) is -0.0578. The monoisotopic (exact) mass is 396 g/mol. The van der Waals surface area contributed by atoms with E-state index in [4.69, 9.17) is 5.73 Å². The molecule has 29 heavy (non-hydrogen) atoms. The van der Waals surface area contributed by atoms with Crippen LogP contribution in [0.3, 0.4) is 0 Å². The minimum Gasteiger partial charge on any atom is -0.352 e. The van der Waals surface area contributed by atoms with Crippen molar-refractivity contribution in [3.8, 4) is 0 Å². The molecule has 0 heterocycles. The van der Waals surface area contributed by atoms with Crippen molar-refractivity contribution in [2.24, 2.45) is 5.73 Å². The summed E-state index contributed by atoms with van der Waals surface area (Å²) >= 11 is 0. The molecule has 0 fully saturated rings. The van der Waals surface area contributed by atoms with Gasteiger partial charge >= 0.3 is 0 Å². The van der Waals surface area contributed by atoms with Crippen molar-refractivity contribution in [3.05, 3.63) is 71.8 Å². The number of carbonyl (C=O) groups excluding carboxylic acids is 2. The number of nitrogens with zero attached hydrogens (tertiary/aromatic N) is 1. The quantitative estimate of drug-likeness (QED) is 0.453. The lowest BCUT2D eigenvalue weighted by Gasteiger charge is -2.23. The van der Waals surface area contributed by atoms with Crippen LogP contribution in [0.25, 0.3) is 0 Å². The average molecular weight is 397 g/mol. The first-order chi connectivity index (χ1) is 14.2. The highest BCUT2D eigenvalue weighted by Crippen LogP contribution is 2.06. The Balaban J connectivity index is 1.80. The summed E-state index contributed by atoms with van der Waals surface area (Å²) in [5, 5.41) is 6.27. The Morgan fingerprint density at radius 1 is 0.759 bits per heavy atom. The van der Waals surface area contributed by atoms with Gasteiger partial charge in [0.2, 0.25) is 0 Å². The highest BCUT2D eigenvalue weighted by Gasteiger charge is 2.15. The smallest absolute Gasteiger partial charge is 0.253 e. The Bertz CT molecular complexity index is 722. The van der Waals surface area contributed by atoms with E-state index in [2.05, 4.69) is 10.6 Å². The molecule has 0 aromatic heterocycles. The van der Waals surface area contributed by atoms with Crippen molar-refractivity contribution in [2.75, 3.05) is 39.3 Å². The topological polar surface area (TPSA) is 87.5 Å². The Morgan fingerprint density at radius 3 is 1.93 bits per heavy atom. The van der Waals surface area contributed by atoms with E-state index in [0.717, 1.165) is 25.9 Å². The average Bonchev–Trinajstić information content (AvgIpc) is 2.78. The van der Waals surface area contributed by atoms with Crippen LogP contribution >= 0.6 is 0 Å². The van der Waals surface area contributed by atoms with Crippen LogP contribution in [-0.4, -0.2) is 56.0 Å². The molecule has 0 atom stereocenters. The van der Waals surface area contributed by atoms with Crippen LogP contribution in [0.1, 0.15) is 40.0 Å². The van der Waals surface area contributed by atoms with E-state index in [1.807, 2.05) is 53.4 Å². The predicted molar refractivity (Wildman–Crippen MR) is 117 cm³/mol. The number of amides is 2. The summed E-state index contributed by atoms with van der Waals surface area (Å²) in [7, 11) is 0. The van der Waals surface area contributed by atoms with Crippen LogP contribution in [0.15, 0.2) is 60.7 Å². The molecule has 0 saturated heterocycles. The van der Waals surface area contributed by atoms with Gasteiger partial charge in [0, 0.05) is 30.8 Å². The third-order valence-corrected chi connectivity index (χ3v) is 4.57. The van der Waals surface area contributed by atoms with Crippen molar-refractivity contribution < 1.29 is 9.59 Å². The number of rotatable bonds is 13. The summed E-state index contributed by atoms with van der Waals surface area (Å²) in [5.41, 5.74) is 6.84. The molecule has 0 bridgehead atoms. The Hall–Kier alpha value is -2.70. The zero-order valence-electron chi connectivity index (χ0n) is 17.0. The second kappa shape index (κ2) is 13.5. The molecule has 0 unspecified atom stereocenters. The van der Waals surface area contributed by atoms with Gasteiger partial charge in [-0.3, -0.25) is 9.59 Å². The molecule has 0 aliphatic carbocycles. The summed E-state index contributed by atoms with van der Waals surface area (Å²) in [4.78, 5) is 26.9. The first-order valence-corrected chi connectivity index (χ1v) is 10.3. The van der Waals surface area contributed by atoms with Gasteiger partial charge in [-0.1, -0.05) is 36.4 Å². The third kappa shape index (κ3) is 8.46. The lowest BCUT2D eigenvalue weighted by atomic mass is 10.2. The molecule has 6 nitrogen and oxygen atoms in total. The highest BCUT2D eigenvalue weighted by atomic mass is 16.2. The van der Waals surface area contributed by atoms with Gasteiger partial charge in [-0.2, -0.15) is 0 Å². The first-order valence-electron chi connectivity index (χ1n) is 10.3. The van der Waals surface area contributed by atoms with Crippen molar-refractivity contribution in [1.82, 2.24) is 15.5 Å². The predicted octanol–water partition coefficient (Wildman–Crippen LogP) is 2.28. The van der Waals surface area contributed by atoms with Gasteiger partial charge in [0.15, 0.2) is 0 Å². The fourth-order valence-corrected chi connectivity index (χ4v) is 2.99. The molecule has 0 aliphatic rings. The van der Waals surface area contributed by atoms with E-state index in [9.17, 15) is 9.59 Å². The Morgan fingerprint density at radius 2 is 1.31 bits per heavy atom. The normalized spacial score (nSPS) is 10.5. The fourth-order valence-electron chi connectivity index (χ4n) is 2.99. The van der Waals surface area contributed by atoms with Gasteiger partial charge in [-0.15, -0.1) is 0 Å². The molecule has 0 spiro atoms. The van der Waals surface area contributed by atoms with Crippen LogP contribution in [0, 0.1) is 0 Å². The molecular weight excluding hydrogens is 364 g/mol. The second-order valence-corrected chi connectivity index (χ2v) is 6.88. The molecule has 0 saturated carbocycles. The van der Waals surface area contributed by atoms with Gasteiger partial charge < -0.3 is 21.3 Å².